The minimum Gasteiger partial charge on any atom is -0.477 e. The van der Waals surface area contributed by atoms with Gasteiger partial charge in [-0.25, -0.2) is 9.59 Å². The molecule has 0 unspecified atom stereocenters. The molecular weight excluding hydrogens is 286 g/mol. The van der Waals surface area contributed by atoms with Gasteiger partial charge in [-0.15, -0.1) is 0 Å². The average molecular weight is 301 g/mol. The topological polar surface area (TPSA) is 85.6 Å². The number of esters is 1. The standard InChI is InChI=1S/C16H15NO5/c1-2-22-16(21)12-7-5-11(6-8-12)10-17-9-3-4-13(14(17)18)15(19)20/h3-9H,2,10H2,1H3,(H,19,20). The number of carbonyl (C=O) groups is 2. The van der Waals surface area contributed by atoms with Gasteiger partial charge in [0.15, 0.2) is 0 Å². The summed E-state index contributed by atoms with van der Waals surface area (Å²) < 4.78 is 6.20. The number of pyridine rings is 1. The number of aromatic carboxylic acids is 1. The molecule has 0 aliphatic carbocycles. The Morgan fingerprint density at radius 2 is 1.86 bits per heavy atom. The number of rotatable bonds is 5. The van der Waals surface area contributed by atoms with Crippen LogP contribution >= 0.6 is 0 Å². The zero-order chi connectivity index (χ0) is 16.1. The molecule has 6 heteroatoms. The van der Waals surface area contributed by atoms with Gasteiger partial charge in [0.25, 0.3) is 5.56 Å². The van der Waals surface area contributed by atoms with Crippen molar-refractivity contribution in [3.63, 3.8) is 0 Å². The number of aromatic nitrogens is 1. The molecule has 6 nitrogen and oxygen atoms in total. The summed E-state index contributed by atoms with van der Waals surface area (Å²) in [6, 6.07) is 9.40. The first-order valence-corrected chi connectivity index (χ1v) is 6.71. The van der Waals surface area contributed by atoms with Crippen molar-refractivity contribution in [1.82, 2.24) is 4.57 Å². The summed E-state index contributed by atoms with van der Waals surface area (Å²) in [4.78, 5) is 34.5. The van der Waals surface area contributed by atoms with Crippen molar-refractivity contribution >= 4 is 11.9 Å². The first-order valence-electron chi connectivity index (χ1n) is 6.71. The van der Waals surface area contributed by atoms with Crippen LogP contribution < -0.4 is 5.56 Å². The highest BCUT2D eigenvalue weighted by Crippen LogP contribution is 2.07. The Morgan fingerprint density at radius 3 is 2.45 bits per heavy atom. The maximum Gasteiger partial charge on any atom is 0.341 e. The predicted molar refractivity (Wildman–Crippen MR) is 79.2 cm³/mol. The molecule has 1 heterocycles. The number of ether oxygens (including phenoxy) is 1. The highest BCUT2D eigenvalue weighted by Gasteiger charge is 2.11. The fourth-order valence-corrected chi connectivity index (χ4v) is 1.98. The second kappa shape index (κ2) is 6.71. The van der Waals surface area contributed by atoms with E-state index in [0.29, 0.717) is 12.2 Å². The van der Waals surface area contributed by atoms with Crippen LogP contribution in [0.25, 0.3) is 0 Å². The molecule has 0 fully saturated rings. The minimum absolute atomic E-state index is 0.225. The molecule has 0 spiro atoms. The van der Waals surface area contributed by atoms with E-state index >= 15 is 0 Å². The summed E-state index contributed by atoms with van der Waals surface area (Å²) >= 11 is 0. The highest BCUT2D eigenvalue weighted by molar-refractivity contribution is 5.89. The van der Waals surface area contributed by atoms with Gasteiger partial charge in [0.05, 0.1) is 18.7 Å². The van der Waals surface area contributed by atoms with Crippen LogP contribution in [0.2, 0.25) is 0 Å². The van der Waals surface area contributed by atoms with Gasteiger partial charge in [-0.3, -0.25) is 4.79 Å². The van der Waals surface area contributed by atoms with Crippen molar-refractivity contribution < 1.29 is 19.4 Å². The fraction of sp³-hybridized carbons (Fsp3) is 0.188. The molecule has 22 heavy (non-hydrogen) atoms. The van der Waals surface area contributed by atoms with Crippen LogP contribution in [0.3, 0.4) is 0 Å². The second-order valence-corrected chi connectivity index (χ2v) is 4.58. The van der Waals surface area contributed by atoms with Crippen molar-refractivity contribution in [2.24, 2.45) is 0 Å². The van der Waals surface area contributed by atoms with Crippen LogP contribution in [0.4, 0.5) is 0 Å². The van der Waals surface area contributed by atoms with E-state index in [1.165, 1.54) is 22.9 Å². The lowest BCUT2D eigenvalue weighted by Crippen LogP contribution is -2.25. The van der Waals surface area contributed by atoms with Crippen molar-refractivity contribution in [2.75, 3.05) is 6.61 Å². The Morgan fingerprint density at radius 1 is 1.18 bits per heavy atom. The Labute approximate surface area is 126 Å². The monoisotopic (exact) mass is 301 g/mol. The molecule has 2 rings (SSSR count). The molecule has 0 aliphatic heterocycles. The Kier molecular flexibility index (Phi) is 4.73. The van der Waals surface area contributed by atoms with Crippen molar-refractivity contribution in [1.29, 1.82) is 0 Å². The molecule has 1 aromatic heterocycles. The summed E-state index contributed by atoms with van der Waals surface area (Å²) in [5.41, 5.74) is 0.366. The first-order chi connectivity index (χ1) is 10.5. The van der Waals surface area contributed by atoms with Gasteiger partial charge < -0.3 is 14.4 Å². The molecule has 0 aliphatic rings. The van der Waals surface area contributed by atoms with Crippen LogP contribution in [-0.4, -0.2) is 28.2 Å². The summed E-state index contributed by atoms with van der Waals surface area (Å²) in [6.45, 7) is 2.26. The van der Waals surface area contributed by atoms with E-state index in [-0.39, 0.29) is 12.1 Å². The van der Waals surface area contributed by atoms with Gasteiger partial charge in [-0.2, -0.15) is 0 Å². The molecule has 2 aromatic rings. The maximum atomic E-state index is 12.0. The molecule has 0 saturated heterocycles. The molecule has 0 atom stereocenters. The molecule has 0 amide bonds. The summed E-state index contributed by atoms with van der Waals surface area (Å²) in [5, 5.41) is 8.94. The van der Waals surface area contributed by atoms with E-state index in [1.54, 1.807) is 31.2 Å². The number of carboxylic acids is 1. The van der Waals surface area contributed by atoms with Crippen molar-refractivity contribution in [3.05, 3.63) is 69.6 Å². The van der Waals surface area contributed by atoms with Crippen molar-refractivity contribution in [2.45, 2.75) is 13.5 Å². The smallest absolute Gasteiger partial charge is 0.341 e. The Balaban J connectivity index is 2.22. The summed E-state index contributed by atoms with van der Waals surface area (Å²) in [7, 11) is 0. The van der Waals surface area contributed by atoms with E-state index in [2.05, 4.69) is 0 Å². The lowest BCUT2D eigenvalue weighted by Gasteiger charge is -2.07. The average Bonchev–Trinajstić information content (AvgIpc) is 2.50. The number of benzene rings is 1. The van der Waals surface area contributed by atoms with Gasteiger partial charge in [-0.05, 0) is 36.8 Å². The first kappa shape index (κ1) is 15.5. The molecule has 114 valence electrons. The highest BCUT2D eigenvalue weighted by atomic mass is 16.5. The van der Waals surface area contributed by atoms with Crippen LogP contribution in [-0.2, 0) is 11.3 Å². The van der Waals surface area contributed by atoms with Crippen LogP contribution in [0, 0.1) is 0 Å². The summed E-state index contributed by atoms with van der Waals surface area (Å²) in [5.74, 6) is -1.66. The normalized spacial score (nSPS) is 10.2. The largest absolute Gasteiger partial charge is 0.477 e. The van der Waals surface area contributed by atoms with Crippen LogP contribution in [0.15, 0.2) is 47.4 Å². The van der Waals surface area contributed by atoms with E-state index in [9.17, 15) is 14.4 Å². The Bertz CT molecular complexity index is 746. The van der Waals surface area contributed by atoms with Gasteiger partial charge in [0.2, 0.25) is 0 Å². The molecule has 0 saturated carbocycles. The lowest BCUT2D eigenvalue weighted by molar-refractivity contribution is 0.0525. The number of nitrogens with zero attached hydrogens (tertiary/aromatic N) is 1. The third-order valence-electron chi connectivity index (χ3n) is 3.07. The van der Waals surface area contributed by atoms with Crippen LogP contribution in [0.5, 0.6) is 0 Å². The molecule has 1 N–H and O–H groups in total. The van der Waals surface area contributed by atoms with Gasteiger partial charge in [0.1, 0.15) is 5.56 Å². The maximum absolute atomic E-state index is 12.0. The number of hydrogen-bond acceptors (Lipinski definition) is 4. The van der Waals surface area contributed by atoms with E-state index in [4.69, 9.17) is 9.84 Å². The van der Waals surface area contributed by atoms with E-state index < -0.39 is 17.5 Å². The number of hydrogen-bond donors (Lipinski definition) is 1. The quantitative estimate of drug-likeness (QED) is 0.851. The van der Waals surface area contributed by atoms with Gasteiger partial charge in [-0.1, -0.05) is 12.1 Å². The number of carbonyl (C=O) groups excluding carboxylic acids is 1. The molecule has 0 bridgehead atoms. The predicted octanol–water partition coefficient (Wildman–Crippen LogP) is 1.77. The number of carboxylic acid groups (broad SMARTS) is 1. The van der Waals surface area contributed by atoms with Gasteiger partial charge >= 0.3 is 11.9 Å². The van der Waals surface area contributed by atoms with Gasteiger partial charge in [0, 0.05) is 6.20 Å². The van der Waals surface area contributed by atoms with Crippen molar-refractivity contribution in [3.8, 4) is 0 Å². The minimum atomic E-state index is -1.25. The second-order valence-electron chi connectivity index (χ2n) is 4.58. The zero-order valence-corrected chi connectivity index (χ0v) is 12.0. The SMILES string of the molecule is CCOC(=O)c1ccc(Cn2cccc(C(=O)O)c2=O)cc1. The summed E-state index contributed by atoms with van der Waals surface area (Å²) in [6.07, 6.45) is 1.52. The Hall–Kier alpha value is -2.89. The zero-order valence-electron chi connectivity index (χ0n) is 12.0. The van der Waals surface area contributed by atoms with E-state index in [0.717, 1.165) is 5.56 Å². The lowest BCUT2D eigenvalue weighted by atomic mass is 10.1. The third kappa shape index (κ3) is 3.41. The molecule has 1 aromatic carbocycles. The molecular formula is C16H15NO5. The van der Waals surface area contributed by atoms with E-state index in [1.807, 2.05) is 0 Å². The molecule has 0 radical (unpaired) electrons. The third-order valence-corrected chi connectivity index (χ3v) is 3.07. The fourth-order valence-electron chi connectivity index (χ4n) is 1.98. The van der Waals surface area contributed by atoms with Crippen LogP contribution in [0.1, 0.15) is 33.2 Å².